The number of alkyl halides is 3. The van der Waals surface area contributed by atoms with Crippen LogP contribution in [0.25, 0.3) is 0 Å². The topological polar surface area (TPSA) is 17.1 Å². The molecule has 50 valence electrons. The molecule has 0 N–H and O–H groups in total. The summed E-state index contributed by atoms with van der Waals surface area (Å²) in [6, 6.07) is 0. The summed E-state index contributed by atoms with van der Waals surface area (Å²) in [5.41, 5.74) is 0. The number of hydrogen-bond donors (Lipinski definition) is 2. The number of rotatable bonds is 0. The van der Waals surface area contributed by atoms with E-state index in [1.165, 1.54) is 0 Å². The molecule has 0 spiro atoms. The Kier molecular flexibility index (Phi) is 13.4. The second-order valence-electron chi connectivity index (χ2n) is 0.500. The molecular formula is CH3Cl3OPS2+. The molecular weight excluding hydrogens is 229 g/mol. The van der Waals surface area contributed by atoms with Gasteiger partial charge in [-0.2, -0.15) is 0 Å². The van der Waals surface area contributed by atoms with Crippen molar-refractivity contribution in [3.63, 3.8) is 0 Å². The Balaban J connectivity index is 0. The third kappa shape index (κ3) is 122. The van der Waals surface area contributed by atoms with Crippen LogP contribution in [0.5, 0.6) is 0 Å². The minimum Gasteiger partial charge on any atom is -0.0874 e. The summed E-state index contributed by atoms with van der Waals surface area (Å²) in [4.78, 5) is 0. The van der Waals surface area contributed by atoms with Crippen LogP contribution in [0.4, 0.5) is 0 Å². The Morgan fingerprint density at radius 1 is 1.25 bits per heavy atom. The van der Waals surface area contributed by atoms with Crippen LogP contribution in [0.1, 0.15) is 0 Å². The zero-order valence-corrected chi connectivity index (χ0v) is 8.41. The van der Waals surface area contributed by atoms with E-state index in [2.05, 4.69) is 24.5 Å². The quantitative estimate of drug-likeness (QED) is 0.371. The molecule has 0 aliphatic carbocycles. The van der Waals surface area contributed by atoms with Gasteiger partial charge in [0, 0.05) is 0 Å². The van der Waals surface area contributed by atoms with Gasteiger partial charge < -0.3 is 0 Å². The Morgan fingerprint density at radius 2 is 1.25 bits per heavy atom. The normalized spacial score (nSPS) is 7.75. The van der Waals surface area contributed by atoms with E-state index in [1.54, 1.807) is 0 Å². The van der Waals surface area contributed by atoms with E-state index < -0.39 is 10.5 Å². The molecule has 0 aromatic carbocycles. The lowest BCUT2D eigenvalue weighted by Gasteiger charge is -1.69. The lowest BCUT2D eigenvalue weighted by atomic mass is 11.9. The largest absolute Gasteiger partial charge is 0.477 e. The Labute approximate surface area is 74.2 Å². The first kappa shape index (κ1) is 12.4. The van der Waals surface area contributed by atoms with Crippen molar-refractivity contribution in [2.45, 2.75) is 4.30 Å². The summed E-state index contributed by atoms with van der Waals surface area (Å²) in [6.07, 6.45) is -1.48. The summed E-state index contributed by atoms with van der Waals surface area (Å²) < 4.78 is 8.57. The molecule has 7 heteroatoms. The standard InChI is InChI=1S/CHCl3.HOPS2/c2-1(3)4;1-2(3)4/h1H;(H-,1,3,4)/p+1. The first-order valence-electron chi connectivity index (χ1n) is 1.24. The molecule has 0 bridgehead atoms. The molecule has 0 aromatic rings. The van der Waals surface area contributed by atoms with Crippen LogP contribution < -0.4 is 0 Å². The molecule has 0 heterocycles. The van der Waals surface area contributed by atoms with Crippen LogP contribution in [0.15, 0.2) is 0 Å². The van der Waals surface area contributed by atoms with Gasteiger partial charge in [-0.1, -0.05) is 34.8 Å². The number of thiol groups is 2. The summed E-state index contributed by atoms with van der Waals surface area (Å²) >= 11 is 21.1. The highest BCUT2D eigenvalue weighted by Crippen LogP contribution is 2.29. The van der Waals surface area contributed by atoms with E-state index in [0.29, 0.717) is 0 Å². The van der Waals surface area contributed by atoms with Crippen molar-refractivity contribution in [3.8, 4) is 0 Å². The predicted molar refractivity (Wildman–Crippen MR) is 46.9 cm³/mol. The highest BCUT2D eigenvalue weighted by molar-refractivity contribution is 8.73. The lowest BCUT2D eigenvalue weighted by Crippen LogP contribution is -1.55. The van der Waals surface area contributed by atoms with Crippen molar-refractivity contribution < 1.29 is 4.57 Å². The SMILES string of the molecule is ClC(Cl)Cl.O=[P+](S)S. The molecule has 0 saturated carbocycles. The van der Waals surface area contributed by atoms with Crippen LogP contribution in [0, 0.1) is 0 Å². The average Bonchev–Trinajstić information content (AvgIpc) is 1.25. The number of hydrogen-bond acceptors (Lipinski definition) is 1. The van der Waals surface area contributed by atoms with E-state index in [9.17, 15) is 4.57 Å². The highest BCUT2D eigenvalue weighted by atomic mass is 35.6. The molecule has 0 aliphatic rings. The van der Waals surface area contributed by atoms with Crippen LogP contribution in [0.3, 0.4) is 0 Å². The van der Waals surface area contributed by atoms with E-state index in [-0.39, 0.29) is 0 Å². The van der Waals surface area contributed by atoms with Crippen LogP contribution in [0.2, 0.25) is 0 Å². The van der Waals surface area contributed by atoms with Gasteiger partial charge in [0.1, 0.15) is 24.5 Å². The summed E-state index contributed by atoms with van der Waals surface area (Å²) in [5, 5.41) is 0. The van der Waals surface area contributed by atoms with Gasteiger partial charge in [-0.25, -0.2) is 0 Å². The van der Waals surface area contributed by atoms with Crippen LogP contribution >= 0.6 is 65.5 Å². The fourth-order valence-electron chi connectivity index (χ4n) is 0. The molecule has 8 heavy (non-hydrogen) atoms. The number of halogens is 3. The maximum Gasteiger partial charge on any atom is 0.477 e. The summed E-state index contributed by atoms with van der Waals surface area (Å²) in [6.45, 7) is 0. The van der Waals surface area contributed by atoms with Gasteiger partial charge >= 0.3 is 6.20 Å². The van der Waals surface area contributed by atoms with Gasteiger partial charge in [0.05, 0.1) is 0 Å². The lowest BCUT2D eigenvalue weighted by molar-refractivity contribution is 0.604. The average molecular weight is 233 g/mol. The maximum absolute atomic E-state index is 9.32. The molecule has 0 aromatic heterocycles. The van der Waals surface area contributed by atoms with E-state index in [1.807, 2.05) is 0 Å². The van der Waals surface area contributed by atoms with Gasteiger partial charge in [-0.05, 0) is 4.57 Å². The molecule has 0 radical (unpaired) electrons. The Hall–Kier alpha value is 1.67. The van der Waals surface area contributed by atoms with Gasteiger partial charge in [0.25, 0.3) is 0 Å². The molecule has 0 unspecified atom stereocenters. The van der Waals surface area contributed by atoms with Crippen molar-refractivity contribution in [1.82, 2.24) is 0 Å². The van der Waals surface area contributed by atoms with E-state index in [4.69, 9.17) is 34.8 Å². The van der Waals surface area contributed by atoms with Gasteiger partial charge in [-0.3, -0.25) is 0 Å². The fraction of sp³-hybridized carbons (Fsp3) is 1.00. The molecule has 1 nitrogen and oxygen atoms in total. The van der Waals surface area contributed by atoms with Crippen molar-refractivity contribution in [2.24, 2.45) is 0 Å². The maximum atomic E-state index is 9.32. The molecule has 0 amide bonds. The zero-order valence-electron chi connectivity index (χ0n) is 3.46. The second-order valence-corrected chi connectivity index (χ2v) is 6.11. The third-order valence-corrected chi connectivity index (χ3v) is 0. The van der Waals surface area contributed by atoms with E-state index in [0.717, 1.165) is 0 Å². The fourth-order valence-corrected chi connectivity index (χ4v) is 0. The highest BCUT2D eigenvalue weighted by Gasteiger charge is 1.88. The Bertz CT molecular complexity index is 61.5. The summed E-state index contributed by atoms with van der Waals surface area (Å²) in [5.74, 6) is 0. The third-order valence-electron chi connectivity index (χ3n) is 0. The smallest absolute Gasteiger partial charge is 0.0874 e. The zero-order chi connectivity index (χ0) is 7.15. The van der Waals surface area contributed by atoms with Gasteiger partial charge in [0.15, 0.2) is 4.30 Å². The predicted octanol–water partition coefficient (Wildman–Crippen LogP) is 3.49. The van der Waals surface area contributed by atoms with Crippen molar-refractivity contribution in [2.75, 3.05) is 0 Å². The van der Waals surface area contributed by atoms with Crippen molar-refractivity contribution >= 4 is 65.5 Å². The molecule has 0 rings (SSSR count). The molecule has 0 fully saturated rings. The van der Waals surface area contributed by atoms with Crippen molar-refractivity contribution in [3.05, 3.63) is 0 Å². The monoisotopic (exact) mass is 231 g/mol. The summed E-state index contributed by atoms with van der Waals surface area (Å²) in [7, 11) is 0. The van der Waals surface area contributed by atoms with Crippen molar-refractivity contribution in [1.29, 1.82) is 0 Å². The molecule has 0 atom stereocenters. The first-order chi connectivity index (χ1) is 3.46. The van der Waals surface area contributed by atoms with Crippen LogP contribution in [-0.2, 0) is 4.57 Å². The molecule has 0 saturated heterocycles. The second kappa shape index (κ2) is 8.67. The van der Waals surface area contributed by atoms with Crippen LogP contribution in [-0.4, -0.2) is 4.30 Å². The Morgan fingerprint density at radius 3 is 1.25 bits per heavy atom. The van der Waals surface area contributed by atoms with E-state index >= 15 is 0 Å². The minimum absolute atomic E-state index is 0.750. The molecule has 0 aliphatic heterocycles. The van der Waals surface area contributed by atoms with Gasteiger partial charge in [0.2, 0.25) is 0 Å². The first-order valence-corrected chi connectivity index (χ1v) is 6.11. The minimum atomic E-state index is -1.48. The van der Waals surface area contributed by atoms with Gasteiger partial charge in [-0.15, -0.1) is 0 Å².